The molecule has 5 heteroatoms. The highest BCUT2D eigenvalue weighted by Crippen LogP contribution is 2.30. The maximum Gasteiger partial charge on any atom is 0.166 e. The van der Waals surface area contributed by atoms with E-state index in [1.54, 1.807) is 0 Å². The van der Waals surface area contributed by atoms with Crippen LogP contribution in [-0.2, 0) is 0 Å². The van der Waals surface area contributed by atoms with E-state index < -0.39 is 34.9 Å². The van der Waals surface area contributed by atoms with E-state index in [-0.39, 0.29) is 6.07 Å². The van der Waals surface area contributed by atoms with Gasteiger partial charge in [-0.2, -0.15) is 0 Å². The van der Waals surface area contributed by atoms with Crippen molar-refractivity contribution < 1.29 is 17.6 Å². The van der Waals surface area contributed by atoms with E-state index >= 15 is 0 Å². The number of nitrogens with one attached hydrogen (secondary N) is 1. The number of rotatable bonds is 1. The van der Waals surface area contributed by atoms with Crippen LogP contribution in [0.2, 0.25) is 0 Å². The minimum atomic E-state index is -1.35. The molecule has 0 saturated carbocycles. The van der Waals surface area contributed by atoms with Gasteiger partial charge in [-0.3, -0.25) is 0 Å². The normalized spacial score (nSPS) is 20.9. The van der Waals surface area contributed by atoms with Crippen LogP contribution < -0.4 is 5.32 Å². The molecule has 0 radical (unpaired) electrons. The van der Waals surface area contributed by atoms with Gasteiger partial charge in [0.1, 0.15) is 0 Å². The Hall–Kier alpha value is -1.10. The van der Waals surface area contributed by atoms with Crippen molar-refractivity contribution in [2.45, 2.75) is 18.9 Å². The van der Waals surface area contributed by atoms with Crippen molar-refractivity contribution in [3.8, 4) is 0 Å². The molecular formula is C10H9F4N. The van der Waals surface area contributed by atoms with Crippen molar-refractivity contribution in [3.63, 3.8) is 0 Å². The summed E-state index contributed by atoms with van der Waals surface area (Å²) in [4.78, 5) is 0. The van der Waals surface area contributed by atoms with Crippen LogP contribution in [0.5, 0.6) is 0 Å². The van der Waals surface area contributed by atoms with Gasteiger partial charge in [0.25, 0.3) is 0 Å². The van der Waals surface area contributed by atoms with Crippen molar-refractivity contribution >= 4 is 0 Å². The summed E-state index contributed by atoms with van der Waals surface area (Å²) in [7, 11) is 0. The van der Waals surface area contributed by atoms with Gasteiger partial charge in [0, 0.05) is 17.7 Å². The van der Waals surface area contributed by atoms with Gasteiger partial charge < -0.3 is 5.32 Å². The largest absolute Gasteiger partial charge is 0.310 e. The summed E-state index contributed by atoms with van der Waals surface area (Å²) in [5.74, 6) is -5.29. The molecule has 0 bridgehead atoms. The van der Waals surface area contributed by atoms with E-state index in [1.165, 1.54) is 0 Å². The van der Waals surface area contributed by atoms with Gasteiger partial charge in [0.15, 0.2) is 23.3 Å². The highest BCUT2D eigenvalue weighted by atomic mass is 19.2. The maximum atomic E-state index is 13.3. The Morgan fingerprint density at radius 3 is 2.13 bits per heavy atom. The third-order valence-electron chi connectivity index (χ3n) is 2.55. The second kappa shape index (κ2) is 3.81. The molecule has 1 aliphatic heterocycles. The minimum absolute atomic E-state index is 0.225. The maximum absolute atomic E-state index is 13.3. The Morgan fingerprint density at radius 1 is 1.07 bits per heavy atom. The number of halogens is 4. The predicted octanol–water partition coefficient (Wildman–Crippen LogP) is 2.67. The lowest BCUT2D eigenvalue weighted by molar-refractivity contribution is 0.420. The Morgan fingerprint density at radius 2 is 1.67 bits per heavy atom. The van der Waals surface area contributed by atoms with Gasteiger partial charge in [-0.25, -0.2) is 17.6 Å². The van der Waals surface area contributed by atoms with Crippen molar-refractivity contribution in [1.82, 2.24) is 5.32 Å². The van der Waals surface area contributed by atoms with Crippen LogP contribution >= 0.6 is 0 Å². The van der Waals surface area contributed by atoms with Crippen LogP contribution in [0.1, 0.15) is 24.4 Å². The highest BCUT2D eigenvalue weighted by molar-refractivity contribution is 5.26. The Labute approximate surface area is 84.1 Å². The molecule has 1 aromatic carbocycles. The third-order valence-corrected chi connectivity index (χ3v) is 2.55. The molecule has 1 aromatic rings. The topological polar surface area (TPSA) is 12.0 Å². The fourth-order valence-electron chi connectivity index (χ4n) is 1.83. The number of benzene rings is 1. The fourth-order valence-corrected chi connectivity index (χ4v) is 1.83. The zero-order chi connectivity index (χ0) is 11.0. The van der Waals surface area contributed by atoms with Gasteiger partial charge in [0.2, 0.25) is 0 Å². The molecule has 1 saturated heterocycles. The molecule has 0 spiro atoms. The van der Waals surface area contributed by atoms with Gasteiger partial charge >= 0.3 is 0 Å². The van der Waals surface area contributed by atoms with Gasteiger partial charge in [0.05, 0.1) is 0 Å². The van der Waals surface area contributed by atoms with Crippen molar-refractivity contribution in [2.24, 2.45) is 0 Å². The number of hydrogen-bond acceptors (Lipinski definition) is 1. The molecule has 1 heterocycles. The van der Waals surface area contributed by atoms with E-state index in [0.717, 1.165) is 6.42 Å². The lowest BCUT2D eigenvalue weighted by Gasteiger charge is -2.13. The van der Waals surface area contributed by atoms with Gasteiger partial charge in [-0.1, -0.05) is 0 Å². The first-order chi connectivity index (χ1) is 7.11. The smallest absolute Gasteiger partial charge is 0.166 e. The molecule has 82 valence electrons. The van der Waals surface area contributed by atoms with Crippen molar-refractivity contribution in [3.05, 3.63) is 34.9 Å². The minimum Gasteiger partial charge on any atom is -0.310 e. The van der Waals surface area contributed by atoms with Crippen LogP contribution in [0.25, 0.3) is 0 Å². The summed E-state index contributed by atoms with van der Waals surface area (Å²) in [6.07, 6.45) is 1.22. The number of hydrogen-bond donors (Lipinski definition) is 1. The van der Waals surface area contributed by atoms with E-state index in [4.69, 9.17) is 0 Å². The zero-order valence-electron chi connectivity index (χ0n) is 7.79. The first-order valence-electron chi connectivity index (χ1n) is 4.67. The second-order valence-corrected chi connectivity index (χ2v) is 3.53. The first kappa shape index (κ1) is 10.4. The molecule has 0 aromatic heterocycles. The summed E-state index contributed by atoms with van der Waals surface area (Å²) in [5.41, 5.74) is -0.523. The zero-order valence-corrected chi connectivity index (χ0v) is 7.79. The fraction of sp³-hybridized carbons (Fsp3) is 0.400. The summed E-state index contributed by atoms with van der Waals surface area (Å²) in [6, 6.07) is -0.404. The summed E-state index contributed by atoms with van der Waals surface area (Å²) in [5, 5.41) is 2.80. The Bertz CT molecular complexity index is 359. The quantitative estimate of drug-likeness (QED) is 0.565. The first-order valence-corrected chi connectivity index (χ1v) is 4.67. The monoisotopic (exact) mass is 219 g/mol. The molecule has 15 heavy (non-hydrogen) atoms. The molecule has 1 fully saturated rings. The Kier molecular flexibility index (Phi) is 2.65. The second-order valence-electron chi connectivity index (χ2n) is 3.53. The molecule has 1 N–H and O–H groups in total. The van der Waals surface area contributed by atoms with Crippen molar-refractivity contribution in [1.29, 1.82) is 0 Å². The summed E-state index contributed by atoms with van der Waals surface area (Å²) >= 11 is 0. The molecule has 0 aliphatic carbocycles. The van der Waals surface area contributed by atoms with E-state index in [0.29, 0.717) is 13.0 Å². The molecule has 0 amide bonds. The van der Waals surface area contributed by atoms with Crippen LogP contribution in [0.15, 0.2) is 6.07 Å². The van der Waals surface area contributed by atoms with E-state index in [2.05, 4.69) is 5.32 Å². The van der Waals surface area contributed by atoms with E-state index in [1.807, 2.05) is 0 Å². The molecular weight excluding hydrogens is 210 g/mol. The van der Waals surface area contributed by atoms with Crippen molar-refractivity contribution in [2.75, 3.05) is 6.54 Å². The van der Waals surface area contributed by atoms with Gasteiger partial charge in [-0.05, 0) is 19.4 Å². The Balaban J connectivity index is 2.52. The lowest BCUT2D eigenvalue weighted by atomic mass is 10.0. The highest BCUT2D eigenvalue weighted by Gasteiger charge is 2.27. The third kappa shape index (κ3) is 1.71. The molecule has 1 atom stereocenters. The van der Waals surface area contributed by atoms with Crippen LogP contribution in [0.4, 0.5) is 17.6 Å². The van der Waals surface area contributed by atoms with Crippen LogP contribution in [-0.4, -0.2) is 6.54 Å². The molecule has 1 nitrogen and oxygen atoms in total. The summed E-state index contributed by atoms with van der Waals surface area (Å²) in [6.45, 7) is 0.599. The van der Waals surface area contributed by atoms with E-state index in [9.17, 15) is 17.6 Å². The summed E-state index contributed by atoms with van der Waals surface area (Å²) < 4.78 is 52.3. The predicted molar refractivity (Wildman–Crippen MR) is 46.3 cm³/mol. The van der Waals surface area contributed by atoms with Crippen LogP contribution in [0, 0.1) is 23.3 Å². The van der Waals surface area contributed by atoms with Gasteiger partial charge in [-0.15, -0.1) is 0 Å². The molecule has 2 rings (SSSR count). The SMILES string of the molecule is Fc1cc(F)c(F)c(C2CCCN2)c1F. The average molecular weight is 219 g/mol. The average Bonchev–Trinajstić information content (AvgIpc) is 2.69. The molecule has 1 unspecified atom stereocenters. The van der Waals surface area contributed by atoms with Crippen LogP contribution in [0.3, 0.4) is 0 Å². The lowest BCUT2D eigenvalue weighted by Crippen LogP contribution is -2.17. The standard InChI is InChI=1S/C10H9F4N/c11-5-4-6(12)10(14)8(9(5)13)7-2-1-3-15-7/h4,7,15H,1-3H2. The molecule has 1 aliphatic rings.